The lowest BCUT2D eigenvalue weighted by atomic mass is 10.1. The summed E-state index contributed by atoms with van der Waals surface area (Å²) in [7, 11) is 1.44. The maximum atomic E-state index is 10.8. The second kappa shape index (κ2) is 5.46. The molecule has 15 heavy (non-hydrogen) atoms. The van der Waals surface area contributed by atoms with Crippen LogP contribution in [0.5, 0.6) is 11.5 Å². The van der Waals surface area contributed by atoms with Gasteiger partial charge in [-0.3, -0.25) is 4.79 Å². The van der Waals surface area contributed by atoms with Crippen LogP contribution in [0.4, 0.5) is 0 Å². The average Bonchev–Trinajstić information content (AvgIpc) is 2.26. The van der Waals surface area contributed by atoms with E-state index in [1.807, 2.05) is 0 Å². The van der Waals surface area contributed by atoms with Gasteiger partial charge in [0.05, 0.1) is 12.7 Å². The second-order valence-electron chi connectivity index (χ2n) is 2.82. The van der Waals surface area contributed by atoms with Crippen LogP contribution in [-0.4, -0.2) is 24.3 Å². The lowest BCUT2D eigenvalue weighted by molar-refractivity contribution is 0.112. The third kappa shape index (κ3) is 2.53. The van der Waals surface area contributed by atoms with Crippen molar-refractivity contribution in [2.45, 2.75) is 0 Å². The smallest absolute Gasteiger partial charge is 0.168 e. The highest BCUT2D eigenvalue weighted by molar-refractivity contribution is 7.80. The molecule has 4 heteroatoms. The minimum atomic E-state index is -0.131. The lowest BCUT2D eigenvalue weighted by Crippen LogP contribution is -1.91. The summed E-state index contributed by atoms with van der Waals surface area (Å²) in [5.41, 5.74) is 0.879. The van der Waals surface area contributed by atoms with Gasteiger partial charge in [-0.2, -0.15) is 12.6 Å². The number of phenols is 1. The van der Waals surface area contributed by atoms with Crippen LogP contribution in [0.25, 0.3) is 6.08 Å². The van der Waals surface area contributed by atoms with E-state index in [4.69, 9.17) is 4.74 Å². The van der Waals surface area contributed by atoms with Crippen LogP contribution in [-0.2, 0) is 0 Å². The van der Waals surface area contributed by atoms with Crippen LogP contribution in [0.15, 0.2) is 18.2 Å². The Labute approximate surface area is 93.8 Å². The maximum Gasteiger partial charge on any atom is 0.168 e. The van der Waals surface area contributed by atoms with Gasteiger partial charge in [0.25, 0.3) is 0 Å². The maximum absolute atomic E-state index is 10.8. The number of hydrogen-bond acceptors (Lipinski definition) is 4. The fourth-order valence-corrected chi connectivity index (χ4v) is 1.32. The van der Waals surface area contributed by atoms with E-state index in [0.717, 1.165) is 0 Å². The van der Waals surface area contributed by atoms with Gasteiger partial charge in [-0.25, -0.2) is 0 Å². The standard InChI is InChI=1S/C11H12O3S/c1-14-10-5-4-8(3-2-6-15)9(7-12)11(10)13/h2-5,7,13,15H,6H2,1H3. The van der Waals surface area contributed by atoms with Gasteiger partial charge in [0.1, 0.15) is 0 Å². The minimum Gasteiger partial charge on any atom is -0.504 e. The molecule has 0 amide bonds. The van der Waals surface area contributed by atoms with E-state index in [0.29, 0.717) is 23.4 Å². The number of methoxy groups -OCH3 is 1. The predicted molar refractivity (Wildman–Crippen MR) is 62.9 cm³/mol. The molecule has 80 valence electrons. The third-order valence-corrected chi connectivity index (χ3v) is 2.17. The van der Waals surface area contributed by atoms with Crippen molar-refractivity contribution in [2.24, 2.45) is 0 Å². The molecule has 1 aromatic carbocycles. The van der Waals surface area contributed by atoms with E-state index in [1.54, 1.807) is 24.3 Å². The fraction of sp³-hybridized carbons (Fsp3) is 0.182. The van der Waals surface area contributed by atoms with Gasteiger partial charge in [-0.05, 0) is 11.6 Å². The van der Waals surface area contributed by atoms with Gasteiger partial charge in [-0.1, -0.05) is 18.2 Å². The molecule has 1 aromatic rings. The molecule has 0 fully saturated rings. The molecule has 0 saturated heterocycles. The fourth-order valence-electron chi connectivity index (χ4n) is 1.22. The van der Waals surface area contributed by atoms with Crippen LogP contribution in [0.3, 0.4) is 0 Å². The van der Waals surface area contributed by atoms with Crippen molar-refractivity contribution in [1.82, 2.24) is 0 Å². The van der Waals surface area contributed by atoms with Crippen molar-refractivity contribution in [3.8, 4) is 11.5 Å². The highest BCUT2D eigenvalue weighted by Crippen LogP contribution is 2.31. The van der Waals surface area contributed by atoms with E-state index >= 15 is 0 Å². The Morgan fingerprint density at radius 3 is 2.80 bits per heavy atom. The van der Waals surface area contributed by atoms with Gasteiger partial charge >= 0.3 is 0 Å². The van der Waals surface area contributed by atoms with Crippen LogP contribution in [0.2, 0.25) is 0 Å². The molecule has 0 aliphatic heterocycles. The van der Waals surface area contributed by atoms with E-state index in [-0.39, 0.29) is 11.3 Å². The number of aldehydes is 1. The van der Waals surface area contributed by atoms with Gasteiger partial charge in [0, 0.05) is 5.75 Å². The number of carbonyl (C=O) groups excluding carboxylic acids is 1. The highest BCUT2D eigenvalue weighted by Gasteiger charge is 2.10. The van der Waals surface area contributed by atoms with Gasteiger partial charge in [0.15, 0.2) is 17.8 Å². The van der Waals surface area contributed by atoms with E-state index in [1.165, 1.54) is 7.11 Å². The van der Waals surface area contributed by atoms with E-state index in [2.05, 4.69) is 12.6 Å². The summed E-state index contributed by atoms with van der Waals surface area (Å²) in [6, 6.07) is 3.32. The zero-order valence-electron chi connectivity index (χ0n) is 8.30. The monoisotopic (exact) mass is 224 g/mol. The summed E-state index contributed by atoms with van der Waals surface area (Å²) in [6.07, 6.45) is 4.13. The Hall–Kier alpha value is -1.42. The zero-order valence-corrected chi connectivity index (χ0v) is 9.20. The molecule has 0 saturated carbocycles. The van der Waals surface area contributed by atoms with Crippen LogP contribution < -0.4 is 4.74 Å². The number of carbonyl (C=O) groups is 1. The Morgan fingerprint density at radius 2 is 2.27 bits per heavy atom. The first-order chi connectivity index (χ1) is 7.24. The number of benzene rings is 1. The van der Waals surface area contributed by atoms with Crippen LogP contribution in [0.1, 0.15) is 15.9 Å². The lowest BCUT2D eigenvalue weighted by Gasteiger charge is -2.07. The summed E-state index contributed by atoms with van der Waals surface area (Å²) < 4.78 is 4.90. The molecule has 0 spiro atoms. The molecule has 0 heterocycles. The van der Waals surface area contributed by atoms with Crippen molar-refractivity contribution in [3.05, 3.63) is 29.3 Å². The molecule has 1 N–H and O–H groups in total. The Bertz CT molecular complexity index is 386. The molecule has 0 atom stereocenters. The topological polar surface area (TPSA) is 46.5 Å². The van der Waals surface area contributed by atoms with Crippen molar-refractivity contribution in [1.29, 1.82) is 0 Å². The Balaban J connectivity index is 3.24. The second-order valence-corrected chi connectivity index (χ2v) is 3.19. The highest BCUT2D eigenvalue weighted by atomic mass is 32.1. The van der Waals surface area contributed by atoms with Gasteiger partial charge in [-0.15, -0.1) is 0 Å². The van der Waals surface area contributed by atoms with Crippen molar-refractivity contribution in [2.75, 3.05) is 12.9 Å². The number of rotatable bonds is 4. The number of ether oxygens (including phenoxy) is 1. The molecule has 1 rings (SSSR count). The third-order valence-electron chi connectivity index (χ3n) is 1.95. The van der Waals surface area contributed by atoms with E-state index < -0.39 is 0 Å². The predicted octanol–water partition coefficient (Wildman–Crippen LogP) is 2.16. The van der Waals surface area contributed by atoms with Crippen molar-refractivity contribution in [3.63, 3.8) is 0 Å². The molecule has 0 aliphatic carbocycles. The van der Waals surface area contributed by atoms with E-state index in [9.17, 15) is 9.90 Å². The summed E-state index contributed by atoms with van der Waals surface area (Å²) in [4.78, 5) is 10.8. The Kier molecular flexibility index (Phi) is 4.24. The van der Waals surface area contributed by atoms with Crippen molar-refractivity contribution >= 4 is 25.0 Å². The zero-order chi connectivity index (χ0) is 11.3. The van der Waals surface area contributed by atoms with Crippen LogP contribution in [0, 0.1) is 0 Å². The normalized spacial score (nSPS) is 10.5. The molecular formula is C11H12O3S. The molecule has 0 bridgehead atoms. The van der Waals surface area contributed by atoms with Gasteiger partial charge in [0.2, 0.25) is 0 Å². The van der Waals surface area contributed by atoms with Crippen molar-refractivity contribution < 1.29 is 14.6 Å². The van der Waals surface area contributed by atoms with Crippen LogP contribution >= 0.6 is 12.6 Å². The average molecular weight is 224 g/mol. The number of phenolic OH excluding ortho intramolecular Hbond substituents is 1. The Morgan fingerprint density at radius 1 is 1.53 bits per heavy atom. The molecule has 3 nitrogen and oxygen atoms in total. The summed E-state index contributed by atoms with van der Waals surface area (Å²) in [5, 5.41) is 9.66. The first-order valence-electron chi connectivity index (χ1n) is 4.37. The number of thiol groups is 1. The first kappa shape index (κ1) is 11.7. The quantitative estimate of drug-likeness (QED) is 0.608. The molecule has 0 aromatic heterocycles. The summed E-state index contributed by atoms with van der Waals surface area (Å²) in [6.45, 7) is 0. The SMILES string of the molecule is COc1ccc(C=CCS)c(C=O)c1O. The molecule has 0 unspecified atom stereocenters. The summed E-state index contributed by atoms with van der Waals surface area (Å²) >= 11 is 4.02. The molecule has 0 radical (unpaired) electrons. The minimum absolute atomic E-state index is 0.131. The molecule has 0 aliphatic rings. The number of aromatic hydroxyl groups is 1. The summed E-state index contributed by atoms with van der Waals surface area (Å²) in [5.74, 6) is 0.736. The van der Waals surface area contributed by atoms with Gasteiger partial charge < -0.3 is 9.84 Å². The first-order valence-corrected chi connectivity index (χ1v) is 5.00. The largest absolute Gasteiger partial charge is 0.504 e. The molecular weight excluding hydrogens is 212 g/mol. The number of hydrogen-bond donors (Lipinski definition) is 2.